The number of hydrogen-bond donors (Lipinski definition) is 1. The summed E-state index contributed by atoms with van der Waals surface area (Å²) in [7, 11) is 0. The second-order valence-corrected chi connectivity index (χ2v) is 7.08. The average molecular weight is 396 g/mol. The fraction of sp³-hybridized carbons (Fsp3) is 0.381. The van der Waals surface area contributed by atoms with E-state index in [9.17, 15) is 9.59 Å². The van der Waals surface area contributed by atoms with Crippen molar-refractivity contribution >= 4 is 17.6 Å². The third kappa shape index (κ3) is 4.77. The molecule has 3 amide bonds. The lowest BCUT2D eigenvalue weighted by molar-refractivity contribution is -0.131. The summed E-state index contributed by atoms with van der Waals surface area (Å²) < 4.78 is 10.6. The number of hydrogen-bond acceptors (Lipinski definition) is 5. The smallest absolute Gasteiger partial charge is 0.321 e. The zero-order chi connectivity index (χ0) is 20.1. The molecule has 1 aromatic carbocycles. The van der Waals surface area contributed by atoms with Crippen molar-refractivity contribution in [1.29, 1.82) is 0 Å². The number of nitrogens with one attached hydrogen (secondary N) is 1. The number of fused-ring (bicyclic) bond motifs is 1. The van der Waals surface area contributed by atoms with Gasteiger partial charge in [0.05, 0.1) is 0 Å². The molecule has 1 fully saturated rings. The Bertz CT molecular complexity index is 874. The van der Waals surface area contributed by atoms with Crippen LogP contribution in [0.4, 0.5) is 10.5 Å². The van der Waals surface area contributed by atoms with E-state index in [1.807, 2.05) is 17.0 Å². The number of rotatable bonds is 4. The first-order chi connectivity index (χ1) is 14.2. The van der Waals surface area contributed by atoms with Crippen molar-refractivity contribution in [2.45, 2.75) is 19.3 Å². The normalized spacial score (nSPS) is 15.7. The molecule has 29 heavy (non-hydrogen) atoms. The number of ether oxygens (including phenoxy) is 2. The van der Waals surface area contributed by atoms with Crippen LogP contribution in [-0.4, -0.2) is 59.7 Å². The molecule has 8 nitrogen and oxygen atoms in total. The summed E-state index contributed by atoms with van der Waals surface area (Å²) in [6.07, 6.45) is 5.40. The number of anilines is 1. The first-order valence-corrected chi connectivity index (χ1v) is 9.81. The number of aryl methyl sites for hydroxylation is 1. The maximum absolute atomic E-state index is 12.6. The van der Waals surface area contributed by atoms with E-state index in [1.54, 1.807) is 35.5 Å². The second kappa shape index (κ2) is 8.81. The van der Waals surface area contributed by atoms with E-state index in [0.717, 1.165) is 12.0 Å². The number of carbonyl (C=O) groups is 2. The molecule has 0 unspecified atom stereocenters. The first kappa shape index (κ1) is 19.0. The minimum Gasteiger partial charge on any atom is -0.454 e. The number of urea groups is 1. The standard InChI is InChI=1S/C21H24N4O4/c26-20(7-4-16-3-1-8-22-14-16)24-9-2-10-25(12-11-24)21(27)23-17-5-6-18-19(13-17)29-15-28-18/h1,3,5-6,8,13-14H,2,4,7,9-12,15H2,(H,23,27). The van der Waals surface area contributed by atoms with Gasteiger partial charge in [-0.3, -0.25) is 9.78 Å². The first-order valence-electron chi connectivity index (χ1n) is 9.81. The number of carbonyl (C=O) groups excluding carboxylic acids is 2. The Hall–Kier alpha value is -3.29. The highest BCUT2D eigenvalue weighted by molar-refractivity contribution is 5.90. The molecule has 152 valence electrons. The Morgan fingerprint density at radius 1 is 1.03 bits per heavy atom. The van der Waals surface area contributed by atoms with E-state index in [1.165, 1.54) is 0 Å². The predicted molar refractivity (Wildman–Crippen MR) is 107 cm³/mol. The molecule has 0 bridgehead atoms. The maximum Gasteiger partial charge on any atom is 0.321 e. The third-order valence-corrected chi connectivity index (χ3v) is 5.11. The van der Waals surface area contributed by atoms with Gasteiger partial charge in [0, 0.05) is 56.7 Å². The second-order valence-electron chi connectivity index (χ2n) is 7.08. The van der Waals surface area contributed by atoms with E-state index in [-0.39, 0.29) is 18.7 Å². The van der Waals surface area contributed by atoms with E-state index < -0.39 is 0 Å². The van der Waals surface area contributed by atoms with Crippen molar-refractivity contribution in [3.63, 3.8) is 0 Å². The van der Waals surface area contributed by atoms with Gasteiger partial charge in [0.2, 0.25) is 12.7 Å². The molecule has 0 saturated carbocycles. The predicted octanol–water partition coefficient (Wildman–Crippen LogP) is 2.51. The Balaban J connectivity index is 1.27. The van der Waals surface area contributed by atoms with Crippen LogP contribution in [0.25, 0.3) is 0 Å². The molecular formula is C21H24N4O4. The number of nitrogens with zero attached hydrogens (tertiary/aromatic N) is 3. The van der Waals surface area contributed by atoms with Gasteiger partial charge >= 0.3 is 6.03 Å². The van der Waals surface area contributed by atoms with Gasteiger partial charge in [-0.15, -0.1) is 0 Å². The fourth-order valence-electron chi connectivity index (χ4n) is 3.50. The van der Waals surface area contributed by atoms with Crippen LogP contribution in [0.15, 0.2) is 42.7 Å². The lowest BCUT2D eigenvalue weighted by Crippen LogP contribution is -2.39. The van der Waals surface area contributed by atoms with Gasteiger partial charge in [-0.2, -0.15) is 0 Å². The molecule has 1 N–H and O–H groups in total. The van der Waals surface area contributed by atoms with Crippen molar-refractivity contribution in [2.75, 3.05) is 38.3 Å². The van der Waals surface area contributed by atoms with Crippen LogP contribution < -0.4 is 14.8 Å². The van der Waals surface area contributed by atoms with Crippen LogP contribution in [0.1, 0.15) is 18.4 Å². The molecule has 0 spiro atoms. The molecule has 1 aromatic heterocycles. The topological polar surface area (TPSA) is 84.0 Å². The number of amides is 3. The van der Waals surface area contributed by atoms with Crippen molar-refractivity contribution in [3.8, 4) is 11.5 Å². The molecule has 1 saturated heterocycles. The van der Waals surface area contributed by atoms with Gasteiger partial charge < -0.3 is 24.6 Å². The largest absolute Gasteiger partial charge is 0.454 e. The highest BCUT2D eigenvalue weighted by Gasteiger charge is 2.22. The van der Waals surface area contributed by atoms with Crippen molar-refractivity contribution in [1.82, 2.24) is 14.8 Å². The van der Waals surface area contributed by atoms with Crippen LogP contribution in [0, 0.1) is 0 Å². The van der Waals surface area contributed by atoms with Gasteiger partial charge in [0.15, 0.2) is 11.5 Å². The Kier molecular flexibility index (Phi) is 5.79. The van der Waals surface area contributed by atoms with Crippen molar-refractivity contribution in [3.05, 3.63) is 48.3 Å². The molecule has 0 atom stereocenters. The van der Waals surface area contributed by atoms with Crippen LogP contribution >= 0.6 is 0 Å². The van der Waals surface area contributed by atoms with Gasteiger partial charge in [-0.25, -0.2) is 4.79 Å². The summed E-state index contributed by atoms with van der Waals surface area (Å²) in [4.78, 5) is 32.9. The van der Waals surface area contributed by atoms with E-state index in [4.69, 9.17) is 9.47 Å². The highest BCUT2D eigenvalue weighted by atomic mass is 16.7. The van der Waals surface area contributed by atoms with Gasteiger partial charge in [0.25, 0.3) is 0 Å². The third-order valence-electron chi connectivity index (χ3n) is 5.11. The number of aromatic nitrogens is 1. The van der Waals surface area contributed by atoms with E-state index in [2.05, 4.69) is 10.3 Å². The van der Waals surface area contributed by atoms with Crippen molar-refractivity contribution in [2.24, 2.45) is 0 Å². The minimum atomic E-state index is -0.173. The monoisotopic (exact) mass is 396 g/mol. The zero-order valence-electron chi connectivity index (χ0n) is 16.2. The number of pyridine rings is 1. The lowest BCUT2D eigenvalue weighted by Gasteiger charge is -2.22. The summed E-state index contributed by atoms with van der Waals surface area (Å²) in [6.45, 7) is 2.53. The molecule has 0 radical (unpaired) electrons. The summed E-state index contributed by atoms with van der Waals surface area (Å²) in [6, 6.07) is 9.01. The highest BCUT2D eigenvalue weighted by Crippen LogP contribution is 2.34. The molecule has 3 heterocycles. The summed E-state index contributed by atoms with van der Waals surface area (Å²) in [5.41, 5.74) is 1.72. The molecule has 2 aliphatic heterocycles. The van der Waals surface area contributed by atoms with Gasteiger partial charge in [-0.1, -0.05) is 6.07 Å². The van der Waals surface area contributed by atoms with Crippen LogP contribution in [-0.2, 0) is 11.2 Å². The SMILES string of the molecule is O=C(CCc1cccnc1)N1CCCN(C(=O)Nc2ccc3c(c2)OCO3)CC1. The Labute approximate surface area is 169 Å². The maximum atomic E-state index is 12.6. The van der Waals surface area contributed by atoms with E-state index >= 15 is 0 Å². The van der Waals surface area contributed by atoms with Crippen LogP contribution in [0.3, 0.4) is 0 Å². The molecule has 0 aliphatic carbocycles. The van der Waals surface area contributed by atoms with Gasteiger partial charge in [0.1, 0.15) is 0 Å². The average Bonchev–Trinajstić information content (AvgIpc) is 3.06. The zero-order valence-corrected chi connectivity index (χ0v) is 16.2. The minimum absolute atomic E-state index is 0.117. The quantitative estimate of drug-likeness (QED) is 0.859. The summed E-state index contributed by atoms with van der Waals surface area (Å²) >= 11 is 0. The van der Waals surface area contributed by atoms with E-state index in [0.29, 0.717) is 56.2 Å². The fourth-order valence-corrected chi connectivity index (χ4v) is 3.50. The summed E-state index contributed by atoms with van der Waals surface area (Å²) in [5, 5.41) is 2.90. The molecule has 2 aromatic rings. The number of benzene rings is 1. The lowest BCUT2D eigenvalue weighted by atomic mass is 10.1. The molecule has 8 heteroatoms. The van der Waals surface area contributed by atoms with Crippen LogP contribution in [0.5, 0.6) is 11.5 Å². The summed E-state index contributed by atoms with van der Waals surface area (Å²) in [5.74, 6) is 1.43. The van der Waals surface area contributed by atoms with Gasteiger partial charge in [-0.05, 0) is 36.6 Å². The molecule has 4 rings (SSSR count). The van der Waals surface area contributed by atoms with Crippen molar-refractivity contribution < 1.29 is 19.1 Å². The molecular weight excluding hydrogens is 372 g/mol. The Morgan fingerprint density at radius 2 is 1.86 bits per heavy atom. The van der Waals surface area contributed by atoms with Crippen LogP contribution in [0.2, 0.25) is 0 Å². The Morgan fingerprint density at radius 3 is 2.72 bits per heavy atom. The molecule has 2 aliphatic rings.